The summed E-state index contributed by atoms with van der Waals surface area (Å²) >= 11 is 0. The molecule has 0 aliphatic carbocycles. The number of para-hydroxylation sites is 1. The molecule has 1 fully saturated rings. The highest BCUT2D eigenvalue weighted by atomic mass is 32.2. The van der Waals surface area contributed by atoms with Crippen molar-refractivity contribution in [2.75, 3.05) is 18.4 Å². The van der Waals surface area contributed by atoms with E-state index in [0.29, 0.717) is 30.8 Å². The number of piperidine rings is 1. The molecule has 2 aromatic rings. The molecule has 0 saturated carbocycles. The zero-order chi connectivity index (χ0) is 20.5. The highest BCUT2D eigenvalue weighted by molar-refractivity contribution is 7.89. The van der Waals surface area contributed by atoms with Crippen molar-refractivity contribution < 1.29 is 13.2 Å². The molecule has 1 amide bonds. The van der Waals surface area contributed by atoms with E-state index in [1.807, 2.05) is 64.1 Å². The molecule has 0 bridgehead atoms. The maximum Gasteiger partial charge on any atom is 0.243 e. The van der Waals surface area contributed by atoms with Crippen molar-refractivity contribution in [2.24, 2.45) is 5.92 Å². The summed E-state index contributed by atoms with van der Waals surface area (Å²) in [7, 11) is -3.55. The minimum atomic E-state index is -3.55. The minimum Gasteiger partial charge on any atom is -0.326 e. The lowest BCUT2D eigenvalue weighted by molar-refractivity contribution is -0.120. The van der Waals surface area contributed by atoms with Crippen molar-refractivity contribution in [1.29, 1.82) is 0 Å². The third kappa shape index (κ3) is 4.13. The second-order valence-corrected chi connectivity index (χ2v) is 9.59. The summed E-state index contributed by atoms with van der Waals surface area (Å²) in [6, 6.07) is 11.5. The Bertz CT molecular complexity index is 968. The summed E-state index contributed by atoms with van der Waals surface area (Å²) in [5.41, 5.74) is 4.43. The lowest BCUT2D eigenvalue weighted by atomic mass is 9.97. The zero-order valence-electron chi connectivity index (χ0n) is 17.0. The Balaban J connectivity index is 1.70. The number of aryl methyl sites for hydroxylation is 4. The Morgan fingerprint density at radius 2 is 1.54 bits per heavy atom. The van der Waals surface area contributed by atoms with Crippen molar-refractivity contribution in [3.05, 3.63) is 58.7 Å². The van der Waals surface area contributed by atoms with E-state index in [4.69, 9.17) is 0 Å². The number of nitrogens with one attached hydrogen (secondary N) is 1. The highest BCUT2D eigenvalue weighted by Gasteiger charge is 2.33. The van der Waals surface area contributed by atoms with Gasteiger partial charge in [0.1, 0.15) is 0 Å². The molecule has 5 nitrogen and oxygen atoms in total. The van der Waals surface area contributed by atoms with Gasteiger partial charge in [-0.25, -0.2) is 8.42 Å². The summed E-state index contributed by atoms with van der Waals surface area (Å²) in [6.07, 6.45) is 1.06. The van der Waals surface area contributed by atoms with Crippen LogP contribution < -0.4 is 5.32 Å². The van der Waals surface area contributed by atoms with Crippen LogP contribution in [0.15, 0.2) is 41.3 Å². The van der Waals surface area contributed by atoms with Crippen molar-refractivity contribution in [1.82, 2.24) is 4.31 Å². The van der Waals surface area contributed by atoms with Gasteiger partial charge in [-0.05, 0) is 63.3 Å². The van der Waals surface area contributed by atoms with E-state index in [2.05, 4.69) is 5.32 Å². The summed E-state index contributed by atoms with van der Waals surface area (Å²) < 4.78 is 27.9. The van der Waals surface area contributed by atoms with Gasteiger partial charge in [0.25, 0.3) is 0 Å². The van der Waals surface area contributed by atoms with E-state index in [-0.39, 0.29) is 11.8 Å². The van der Waals surface area contributed by atoms with Gasteiger partial charge in [-0.1, -0.05) is 35.9 Å². The fourth-order valence-electron chi connectivity index (χ4n) is 4.01. The van der Waals surface area contributed by atoms with Gasteiger partial charge in [0.05, 0.1) is 4.90 Å². The fourth-order valence-corrected chi connectivity index (χ4v) is 5.89. The fraction of sp³-hybridized carbons (Fsp3) is 0.409. The van der Waals surface area contributed by atoms with Gasteiger partial charge >= 0.3 is 0 Å². The number of anilines is 1. The van der Waals surface area contributed by atoms with E-state index in [9.17, 15) is 13.2 Å². The van der Waals surface area contributed by atoms with Crippen molar-refractivity contribution in [3.8, 4) is 0 Å². The van der Waals surface area contributed by atoms with Crippen LogP contribution in [-0.2, 0) is 14.8 Å². The Morgan fingerprint density at radius 3 is 2.11 bits per heavy atom. The molecule has 3 rings (SSSR count). The summed E-state index contributed by atoms with van der Waals surface area (Å²) in [5.74, 6) is -0.208. The zero-order valence-corrected chi connectivity index (χ0v) is 17.8. The Kier molecular flexibility index (Phi) is 5.91. The summed E-state index contributed by atoms with van der Waals surface area (Å²) in [4.78, 5) is 13.0. The second kappa shape index (κ2) is 8.05. The van der Waals surface area contributed by atoms with E-state index in [1.54, 1.807) is 0 Å². The molecule has 2 aromatic carbocycles. The topological polar surface area (TPSA) is 66.5 Å². The average Bonchev–Trinajstić information content (AvgIpc) is 2.62. The van der Waals surface area contributed by atoms with Crippen LogP contribution >= 0.6 is 0 Å². The Morgan fingerprint density at radius 1 is 0.964 bits per heavy atom. The van der Waals surface area contributed by atoms with E-state index in [1.165, 1.54) is 4.31 Å². The van der Waals surface area contributed by atoms with Gasteiger partial charge in [0.15, 0.2) is 0 Å². The van der Waals surface area contributed by atoms with Gasteiger partial charge in [-0.15, -0.1) is 0 Å². The van der Waals surface area contributed by atoms with Gasteiger partial charge in [0.2, 0.25) is 15.9 Å². The molecule has 1 aliphatic heterocycles. The van der Waals surface area contributed by atoms with Crippen LogP contribution in [-0.4, -0.2) is 31.7 Å². The van der Waals surface area contributed by atoms with Gasteiger partial charge in [0, 0.05) is 24.7 Å². The number of hydrogen-bond donors (Lipinski definition) is 1. The molecule has 1 aliphatic rings. The molecule has 28 heavy (non-hydrogen) atoms. The lowest BCUT2D eigenvalue weighted by Crippen LogP contribution is -2.41. The number of benzene rings is 2. The largest absolute Gasteiger partial charge is 0.326 e. The standard InChI is InChI=1S/C22H28N2O3S/c1-15-13-17(3)21(18(4)14-15)28(26,27)24-11-9-19(10-12-24)22(25)23-20-8-6-5-7-16(20)2/h5-8,13-14,19H,9-12H2,1-4H3,(H,23,25). The van der Waals surface area contributed by atoms with Crippen LogP contribution in [0.1, 0.15) is 35.1 Å². The van der Waals surface area contributed by atoms with Gasteiger partial charge in [-0.2, -0.15) is 4.31 Å². The molecular formula is C22H28N2O3S. The predicted octanol–water partition coefficient (Wildman–Crippen LogP) is 3.96. The molecule has 150 valence electrons. The molecule has 6 heteroatoms. The molecule has 1 heterocycles. The highest BCUT2D eigenvalue weighted by Crippen LogP contribution is 2.29. The monoisotopic (exact) mass is 400 g/mol. The SMILES string of the molecule is Cc1cc(C)c(S(=O)(=O)N2CCC(C(=O)Nc3ccccc3C)CC2)c(C)c1. The number of amides is 1. The molecule has 1 N–H and O–H groups in total. The van der Waals surface area contributed by atoms with Crippen LogP contribution in [0.5, 0.6) is 0 Å². The average molecular weight is 401 g/mol. The summed E-state index contributed by atoms with van der Waals surface area (Å²) in [6.45, 7) is 8.33. The maximum atomic E-state index is 13.2. The summed E-state index contributed by atoms with van der Waals surface area (Å²) in [5, 5.41) is 2.98. The first kappa shape index (κ1) is 20.6. The normalized spacial score (nSPS) is 16.1. The lowest BCUT2D eigenvalue weighted by Gasteiger charge is -2.31. The Hall–Kier alpha value is -2.18. The predicted molar refractivity (Wildman–Crippen MR) is 112 cm³/mol. The molecule has 1 saturated heterocycles. The first-order chi connectivity index (χ1) is 13.2. The first-order valence-corrected chi connectivity index (χ1v) is 11.1. The quantitative estimate of drug-likeness (QED) is 0.845. The second-order valence-electron chi connectivity index (χ2n) is 7.71. The first-order valence-electron chi connectivity index (χ1n) is 9.64. The van der Waals surface area contributed by atoms with Crippen LogP contribution in [0.25, 0.3) is 0 Å². The number of carbonyl (C=O) groups excluding carboxylic acids is 1. The number of sulfonamides is 1. The van der Waals surface area contributed by atoms with Crippen molar-refractivity contribution >= 4 is 21.6 Å². The van der Waals surface area contributed by atoms with E-state index in [0.717, 1.165) is 27.9 Å². The molecule has 0 radical (unpaired) electrons. The number of hydrogen-bond acceptors (Lipinski definition) is 3. The van der Waals surface area contributed by atoms with E-state index < -0.39 is 10.0 Å². The van der Waals surface area contributed by atoms with Gasteiger partial charge < -0.3 is 5.32 Å². The van der Waals surface area contributed by atoms with Crippen LogP contribution in [0, 0.1) is 33.6 Å². The third-order valence-corrected chi connectivity index (χ3v) is 7.64. The van der Waals surface area contributed by atoms with Gasteiger partial charge in [-0.3, -0.25) is 4.79 Å². The number of rotatable bonds is 4. The molecular weight excluding hydrogens is 372 g/mol. The molecule has 0 spiro atoms. The third-order valence-electron chi connectivity index (χ3n) is 5.43. The van der Waals surface area contributed by atoms with Crippen LogP contribution in [0.4, 0.5) is 5.69 Å². The molecule has 0 aromatic heterocycles. The molecule has 0 unspecified atom stereocenters. The maximum absolute atomic E-state index is 13.2. The van der Waals surface area contributed by atoms with Crippen LogP contribution in [0.3, 0.4) is 0 Å². The molecule has 0 atom stereocenters. The van der Waals surface area contributed by atoms with E-state index >= 15 is 0 Å². The Labute approximate surface area is 167 Å². The number of carbonyl (C=O) groups is 1. The van der Waals surface area contributed by atoms with Crippen molar-refractivity contribution in [2.45, 2.75) is 45.4 Å². The minimum absolute atomic E-state index is 0.0333. The van der Waals surface area contributed by atoms with Crippen molar-refractivity contribution in [3.63, 3.8) is 0 Å². The number of nitrogens with zero attached hydrogens (tertiary/aromatic N) is 1. The van der Waals surface area contributed by atoms with Crippen LogP contribution in [0.2, 0.25) is 0 Å². The smallest absolute Gasteiger partial charge is 0.243 e.